The van der Waals surface area contributed by atoms with E-state index < -0.39 is 17.7 Å². The van der Waals surface area contributed by atoms with Gasteiger partial charge in [-0.2, -0.15) is 0 Å². The molecule has 0 bridgehead atoms. The molecule has 0 saturated carbocycles. The number of aromatic nitrogens is 1. The first-order valence-corrected chi connectivity index (χ1v) is 13.0. The highest BCUT2D eigenvalue weighted by Gasteiger charge is 2.35. The first kappa shape index (κ1) is 28.0. The number of fused-ring (bicyclic) bond motifs is 1. The molecule has 1 aliphatic rings. The largest absolute Gasteiger partial charge is 0.497 e. The standard InChI is InChI=1S/C29H37F2N3O4/c1-33(2)26-18-32-25-5-4-22(37-3)17-24(25)28(26)27(36)6-7-29(19-35)8-10-34(11-9-29)12-13-38-23-15-20(30)14-21(31)16-23/h4-5,14-18,27,35-36H,6-13,19H2,1-3H3. The van der Waals surface area contributed by atoms with Gasteiger partial charge in [0.15, 0.2) is 0 Å². The number of piperidine rings is 1. The van der Waals surface area contributed by atoms with Gasteiger partial charge in [-0.05, 0) is 62.4 Å². The number of anilines is 1. The molecule has 1 atom stereocenters. The Morgan fingerprint density at radius 1 is 1.08 bits per heavy atom. The highest BCUT2D eigenvalue weighted by atomic mass is 19.1. The molecule has 38 heavy (non-hydrogen) atoms. The first-order valence-electron chi connectivity index (χ1n) is 13.0. The minimum absolute atomic E-state index is 0.0537. The second kappa shape index (κ2) is 12.2. The molecular formula is C29H37F2N3O4. The molecule has 1 fully saturated rings. The predicted molar refractivity (Wildman–Crippen MR) is 144 cm³/mol. The fourth-order valence-electron chi connectivity index (χ4n) is 5.25. The summed E-state index contributed by atoms with van der Waals surface area (Å²) in [6, 6.07) is 8.82. The predicted octanol–water partition coefficient (Wildman–Crippen LogP) is 4.55. The monoisotopic (exact) mass is 529 g/mol. The molecule has 1 saturated heterocycles. The van der Waals surface area contributed by atoms with Crippen LogP contribution < -0.4 is 14.4 Å². The lowest BCUT2D eigenvalue weighted by Gasteiger charge is -2.41. The van der Waals surface area contributed by atoms with Crippen LogP contribution in [-0.2, 0) is 0 Å². The maximum Gasteiger partial charge on any atom is 0.129 e. The van der Waals surface area contributed by atoms with E-state index in [0.29, 0.717) is 31.7 Å². The van der Waals surface area contributed by atoms with E-state index in [4.69, 9.17) is 9.47 Å². The minimum Gasteiger partial charge on any atom is -0.497 e. The molecule has 4 rings (SSSR count). The van der Waals surface area contributed by atoms with Gasteiger partial charge in [-0.1, -0.05) is 0 Å². The van der Waals surface area contributed by atoms with Crippen LogP contribution in [0.1, 0.15) is 37.4 Å². The topological polar surface area (TPSA) is 78.3 Å². The lowest BCUT2D eigenvalue weighted by molar-refractivity contribution is 0.0205. The third-order valence-electron chi connectivity index (χ3n) is 7.62. The van der Waals surface area contributed by atoms with E-state index in [1.807, 2.05) is 37.2 Å². The number of aliphatic hydroxyl groups is 2. The summed E-state index contributed by atoms with van der Waals surface area (Å²) in [7, 11) is 5.47. The van der Waals surface area contributed by atoms with Crippen molar-refractivity contribution in [3.8, 4) is 11.5 Å². The summed E-state index contributed by atoms with van der Waals surface area (Å²) in [5.41, 5.74) is 2.18. The molecule has 1 unspecified atom stereocenters. The van der Waals surface area contributed by atoms with Crippen molar-refractivity contribution < 1.29 is 28.5 Å². The lowest BCUT2D eigenvalue weighted by atomic mass is 9.74. The van der Waals surface area contributed by atoms with Gasteiger partial charge in [0.25, 0.3) is 0 Å². The van der Waals surface area contributed by atoms with Gasteiger partial charge in [0.2, 0.25) is 0 Å². The Hall–Kier alpha value is -3.01. The van der Waals surface area contributed by atoms with Crippen LogP contribution in [0, 0.1) is 17.0 Å². The third-order valence-corrected chi connectivity index (χ3v) is 7.62. The third kappa shape index (κ3) is 6.51. The summed E-state index contributed by atoms with van der Waals surface area (Å²) < 4.78 is 37.7. The molecule has 2 N–H and O–H groups in total. The fraction of sp³-hybridized carbons (Fsp3) is 0.483. The number of aliphatic hydroxyl groups excluding tert-OH is 2. The number of pyridine rings is 1. The Kier molecular flexibility index (Phi) is 9.02. The Labute approximate surface area is 222 Å². The van der Waals surface area contributed by atoms with E-state index >= 15 is 0 Å². The second-order valence-electron chi connectivity index (χ2n) is 10.3. The summed E-state index contributed by atoms with van der Waals surface area (Å²) >= 11 is 0. The molecule has 2 heterocycles. The van der Waals surface area contributed by atoms with Gasteiger partial charge < -0.3 is 24.6 Å². The van der Waals surface area contributed by atoms with E-state index in [1.54, 1.807) is 13.3 Å². The minimum atomic E-state index is -0.730. The van der Waals surface area contributed by atoms with Crippen molar-refractivity contribution in [3.63, 3.8) is 0 Å². The number of methoxy groups -OCH3 is 1. The molecule has 9 heteroatoms. The van der Waals surface area contributed by atoms with E-state index in [-0.39, 0.29) is 17.8 Å². The molecule has 0 amide bonds. The van der Waals surface area contributed by atoms with E-state index in [1.165, 1.54) is 12.1 Å². The number of hydrogen-bond acceptors (Lipinski definition) is 7. The summed E-state index contributed by atoms with van der Waals surface area (Å²) in [5.74, 6) is -0.445. The SMILES string of the molecule is COc1ccc2ncc(N(C)C)c(C(O)CCC3(CO)CCN(CCOc4cc(F)cc(F)c4)CC3)c2c1. The van der Waals surface area contributed by atoms with Gasteiger partial charge in [0.1, 0.15) is 29.7 Å². The highest BCUT2D eigenvalue weighted by molar-refractivity contribution is 5.88. The maximum absolute atomic E-state index is 13.4. The average Bonchev–Trinajstić information content (AvgIpc) is 2.91. The molecule has 0 radical (unpaired) electrons. The zero-order valence-electron chi connectivity index (χ0n) is 22.3. The molecule has 2 aromatic carbocycles. The van der Waals surface area contributed by atoms with Crippen LogP contribution in [0.5, 0.6) is 11.5 Å². The summed E-state index contributed by atoms with van der Waals surface area (Å²) in [5, 5.41) is 22.6. The van der Waals surface area contributed by atoms with Crippen LogP contribution in [0.3, 0.4) is 0 Å². The van der Waals surface area contributed by atoms with Crippen molar-refractivity contribution in [2.45, 2.75) is 31.8 Å². The number of likely N-dealkylation sites (tertiary alicyclic amines) is 1. The van der Waals surface area contributed by atoms with Crippen LogP contribution in [0.2, 0.25) is 0 Å². The molecule has 7 nitrogen and oxygen atoms in total. The number of benzene rings is 2. The van der Waals surface area contributed by atoms with Crippen molar-refractivity contribution >= 4 is 16.6 Å². The van der Waals surface area contributed by atoms with Crippen molar-refractivity contribution in [3.05, 3.63) is 59.8 Å². The Balaban J connectivity index is 1.37. The van der Waals surface area contributed by atoms with Gasteiger partial charge in [0, 0.05) is 56.4 Å². The Morgan fingerprint density at radius 3 is 2.42 bits per heavy atom. The molecule has 1 aromatic heterocycles. The Bertz CT molecular complexity index is 1210. The van der Waals surface area contributed by atoms with Crippen molar-refractivity contribution in [2.75, 3.05) is 59.0 Å². The van der Waals surface area contributed by atoms with Crippen LogP contribution in [0.25, 0.3) is 10.9 Å². The number of hydrogen-bond donors (Lipinski definition) is 2. The van der Waals surface area contributed by atoms with Gasteiger partial charge in [0.05, 0.1) is 30.6 Å². The summed E-state index contributed by atoms with van der Waals surface area (Å²) in [6.07, 6.45) is 3.82. The fourth-order valence-corrected chi connectivity index (χ4v) is 5.25. The Morgan fingerprint density at radius 2 is 1.79 bits per heavy atom. The van der Waals surface area contributed by atoms with E-state index in [0.717, 1.165) is 54.2 Å². The lowest BCUT2D eigenvalue weighted by Crippen LogP contribution is -2.43. The molecule has 0 spiro atoms. The van der Waals surface area contributed by atoms with Crippen LogP contribution >= 0.6 is 0 Å². The van der Waals surface area contributed by atoms with Crippen LogP contribution in [0.4, 0.5) is 14.5 Å². The highest BCUT2D eigenvalue weighted by Crippen LogP contribution is 2.41. The van der Waals surface area contributed by atoms with Gasteiger partial charge in [-0.3, -0.25) is 9.88 Å². The van der Waals surface area contributed by atoms with E-state index in [9.17, 15) is 19.0 Å². The van der Waals surface area contributed by atoms with E-state index in [2.05, 4.69) is 9.88 Å². The summed E-state index contributed by atoms with van der Waals surface area (Å²) in [6.45, 7) is 2.54. The summed E-state index contributed by atoms with van der Waals surface area (Å²) in [4.78, 5) is 8.74. The van der Waals surface area contributed by atoms with Crippen molar-refractivity contribution in [2.24, 2.45) is 5.41 Å². The first-order chi connectivity index (χ1) is 18.2. The molecule has 3 aromatic rings. The normalized spacial score (nSPS) is 16.4. The number of halogens is 2. The van der Waals surface area contributed by atoms with Gasteiger partial charge in [-0.15, -0.1) is 0 Å². The van der Waals surface area contributed by atoms with Gasteiger partial charge in [-0.25, -0.2) is 8.78 Å². The number of rotatable bonds is 11. The quantitative estimate of drug-likeness (QED) is 0.377. The molecule has 0 aliphatic carbocycles. The smallest absolute Gasteiger partial charge is 0.129 e. The van der Waals surface area contributed by atoms with Gasteiger partial charge >= 0.3 is 0 Å². The maximum atomic E-state index is 13.4. The number of nitrogens with zero attached hydrogens (tertiary/aromatic N) is 3. The zero-order chi connectivity index (χ0) is 27.3. The molecule has 1 aliphatic heterocycles. The van der Waals surface area contributed by atoms with Crippen molar-refractivity contribution in [1.29, 1.82) is 0 Å². The second-order valence-corrected chi connectivity index (χ2v) is 10.3. The number of ether oxygens (including phenoxy) is 2. The average molecular weight is 530 g/mol. The molecular weight excluding hydrogens is 492 g/mol. The van der Waals surface area contributed by atoms with Crippen molar-refractivity contribution in [1.82, 2.24) is 9.88 Å². The zero-order valence-corrected chi connectivity index (χ0v) is 22.3. The molecule has 206 valence electrons. The van der Waals surface area contributed by atoms with Crippen LogP contribution in [0.15, 0.2) is 42.6 Å². The van der Waals surface area contributed by atoms with Crippen LogP contribution in [-0.4, -0.2) is 74.2 Å².